The number of rotatable bonds is 8. The lowest BCUT2D eigenvalue weighted by Crippen LogP contribution is -2.31. The van der Waals surface area contributed by atoms with Crippen LogP contribution in [0.1, 0.15) is 66.2 Å². The number of carbonyl (C=O) groups is 1. The van der Waals surface area contributed by atoms with E-state index in [4.69, 9.17) is 0 Å². The van der Waals surface area contributed by atoms with Crippen LogP contribution in [0, 0.1) is 11.3 Å². The fourth-order valence-electron chi connectivity index (χ4n) is 2.00. The average molecular weight is 213 g/mol. The Balaban J connectivity index is 4.44. The third-order valence-electron chi connectivity index (χ3n) is 3.60. The van der Waals surface area contributed by atoms with E-state index in [1.165, 1.54) is 0 Å². The Morgan fingerprint density at radius 2 is 1.53 bits per heavy atom. The predicted octanol–water partition coefficient (Wildman–Crippen LogP) is 3.97. The summed E-state index contributed by atoms with van der Waals surface area (Å²) in [5.74, 6) is -1.24. The summed E-state index contributed by atoms with van der Waals surface area (Å²) in [4.78, 5) is 11.0. The zero-order valence-corrected chi connectivity index (χ0v) is 10.6. The first kappa shape index (κ1) is 14.5. The minimum absolute atomic E-state index is 0.0785. The monoisotopic (exact) mass is 213 g/mol. The fourth-order valence-corrected chi connectivity index (χ4v) is 2.00. The van der Waals surface area contributed by atoms with E-state index in [9.17, 15) is 9.90 Å². The second-order valence-corrected chi connectivity index (χ2v) is 4.90. The average Bonchev–Trinajstić information content (AvgIpc) is 2.22. The molecule has 2 heteroatoms. The first-order valence-corrected chi connectivity index (χ1v) is 6.18. The molecule has 15 heavy (non-hydrogen) atoms. The Morgan fingerprint density at radius 1 is 1.13 bits per heavy atom. The van der Waals surface area contributed by atoms with E-state index in [1.807, 2.05) is 0 Å². The first-order valence-electron chi connectivity index (χ1n) is 6.18. The van der Waals surface area contributed by atoms with Crippen LogP contribution in [0.25, 0.3) is 0 Å². The molecule has 1 unspecified atom stereocenters. The summed E-state index contributed by atoms with van der Waals surface area (Å²) in [5.41, 5.74) is -0.0785. The van der Waals surface area contributed by atoms with Gasteiger partial charge in [-0.25, -0.2) is 9.90 Å². The van der Waals surface area contributed by atoms with E-state index in [2.05, 4.69) is 20.8 Å². The van der Waals surface area contributed by atoms with Gasteiger partial charge in [-0.2, -0.15) is 0 Å². The van der Waals surface area contributed by atoms with Crippen LogP contribution in [0.15, 0.2) is 0 Å². The number of carbonyl (C=O) groups excluding carboxylic acids is 1. The predicted molar refractivity (Wildman–Crippen MR) is 62.0 cm³/mol. The van der Waals surface area contributed by atoms with Crippen molar-refractivity contribution in [3.8, 4) is 0 Å². The van der Waals surface area contributed by atoms with Crippen molar-refractivity contribution in [3.05, 3.63) is 0 Å². The first-order chi connectivity index (χ1) is 6.98. The van der Waals surface area contributed by atoms with Crippen LogP contribution in [0.3, 0.4) is 0 Å². The summed E-state index contributed by atoms with van der Waals surface area (Å²) >= 11 is 0. The lowest BCUT2D eigenvalue weighted by atomic mass is 9.71. The largest absolute Gasteiger partial charge is 0.358 e. The molecule has 2 nitrogen and oxygen atoms in total. The van der Waals surface area contributed by atoms with E-state index < -0.39 is 5.97 Å². The highest BCUT2D eigenvalue weighted by Crippen LogP contribution is 2.38. The quantitative estimate of drug-likeness (QED) is 0.601. The summed E-state index contributed by atoms with van der Waals surface area (Å²) in [6.07, 6.45) is 6.47. The van der Waals surface area contributed by atoms with Crippen molar-refractivity contribution in [2.45, 2.75) is 66.2 Å². The van der Waals surface area contributed by atoms with Crippen molar-refractivity contribution in [1.29, 1.82) is 0 Å². The van der Waals surface area contributed by atoms with Crippen LogP contribution >= 0.6 is 0 Å². The molecule has 0 aromatic carbocycles. The molecule has 0 saturated heterocycles. The fraction of sp³-hybridized carbons (Fsp3) is 0.923. The summed E-state index contributed by atoms with van der Waals surface area (Å²) < 4.78 is 0. The second kappa shape index (κ2) is 6.86. The molecular formula is C13H25O2. The van der Waals surface area contributed by atoms with Gasteiger partial charge in [-0.05, 0) is 18.3 Å². The zero-order valence-electron chi connectivity index (χ0n) is 10.6. The molecule has 0 aliphatic rings. The van der Waals surface area contributed by atoms with Crippen molar-refractivity contribution in [3.63, 3.8) is 0 Å². The molecule has 0 fully saturated rings. The molecule has 0 aliphatic carbocycles. The Morgan fingerprint density at radius 3 is 1.80 bits per heavy atom. The van der Waals surface area contributed by atoms with Gasteiger partial charge in [-0.1, -0.05) is 53.4 Å². The highest BCUT2D eigenvalue weighted by Gasteiger charge is 2.35. The lowest BCUT2D eigenvalue weighted by molar-refractivity contribution is -0.152. The van der Waals surface area contributed by atoms with Crippen molar-refractivity contribution >= 4 is 5.97 Å². The number of hydrogen-bond donors (Lipinski definition) is 0. The van der Waals surface area contributed by atoms with Crippen molar-refractivity contribution in [1.82, 2.24) is 0 Å². The van der Waals surface area contributed by atoms with Crippen LogP contribution in [0.2, 0.25) is 0 Å². The van der Waals surface area contributed by atoms with Gasteiger partial charge in [0, 0.05) is 0 Å². The van der Waals surface area contributed by atoms with Gasteiger partial charge in [0.2, 0.25) is 0 Å². The van der Waals surface area contributed by atoms with Gasteiger partial charge in [0.1, 0.15) is 0 Å². The standard InChI is InChI=1S/C13H25O2/c1-5-7-9-13(4,10-8-6-2)11(3)12(14)15/h11H,5-10H2,1-4H3. The van der Waals surface area contributed by atoms with E-state index in [1.54, 1.807) is 6.92 Å². The molecule has 0 N–H and O–H groups in total. The molecule has 1 radical (unpaired) electrons. The molecular weight excluding hydrogens is 188 g/mol. The van der Waals surface area contributed by atoms with Crippen LogP contribution in [0.4, 0.5) is 0 Å². The van der Waals surface area contributed by atoms with Crippen molar-refractivity contribution in [2.24, 2.45) is 11.3 Å². The smallest absolute Gasteiger partial charge is 0.247 e. The summed E-state index contributed by atoms with van der Waals surface area (Å²) in [5, 5.41) is 11.0. The topological polar surface area (TPSA) is 37.0 Å². The summed E-state index contributed by atoms with van der Waals surface area (Å²) in [6.45, 7) is 8.17. The lowest BCUT2D eigenvalue weighted by Gasteiger charge is -2.33. The Hall–Kier alpha value is -0.530. The van der Waals surface area contributed by atoms with Crippen LogP contribution in [-0.4, -0.2) is 5.97 Å². The molecule has 0 aromatic heterocycles. The van der Waals surface area contributed by atoms with Gasteiger partial charge in [0.05, 0.1) is 5.92 Å². The van der Waals surface area contributed by atoms with E-state index in [-0.39, 0.29) is 11.3 Å². The van der Waals surface area contributed by atoms with Gasteiger partial charge < -0.3 is 0 Å². The zero-order chi connectivity index (χ0) is 11.9. The molecule has 0 spiro atoms. The number of hydrogen-bond acceptors (Lipinski definition) is 1. The third-order valence-corrected chi connectivity index (χ3v) is 3.60. The van der Waals surface area contributed by atoms with E-state index >= 15 is 0 Å². The van der Waals surface area contributed by atoms with Gasteiger partial charge in [0.25, 0.3) is 0 Å². The van der Waals surface area contributed by atoms with Crippen LogP contribution in [0.5, 0.6) is 0 Å². The normalized spacial score (nSPS) is 13.9. The molecule has 0 rings (SSSR count). The van der Waals surface area contributed by atoms with Gasteiger partial charge in [-0.15, -0.1) is 0 Å². The molecule has 0 saturated carbocycles. The minimum atomic E-state index is -0.898. The van der Waals surface area contributed by atoms with Gasteiger partial charge in [-0.3, -0.25) is 0 Å². The van der Waals surface area contributed by atoms with Crippen LogP contribution in [-0.2, 0) is 9.90 Å². The summed E-state index contributed by atoms with van der Waals surface area (Å²) in [7, 11) is 0. The maximum atomic E-state index is 11.0. The molecule has 89 valence electrons. The molecule has 0 bridgehead atoms. The second-order valence-electron chi connectivity index (χ2n) is 4.90. The third kappa shape index (κ3) is 4.67. The van der Waals surface area contributed by atoms with Crippen LogP contribution < -0.4 is 0 Å². The minimum Gasteiger partial charge on any atom is -0.247 e. The van der Waals surface area contributed by atoms with Gasteiger partial charge >= 0.3 is 5.97 Å². The van der Waals surface area contributed by atoms with E-state index in [0.29, 0.717) is 0 Å². The molecule has 0 aromatic rings. The van der Waals surface area contributed by atoms with E-state index in [0.717, 1.165) is 38.5 Å². The molecule has 0 aliphatic heterocycles. The highest BCUT2D eigenvalue weighted by atomic mass is 16.4. The molecule has 0 heterocycles. The Labute approximate surface area is 94.1 Å². The summed E-state index contributed by atoms with van der Waals surface area (Å²) in [6, 6.07) is 0. The SMILES string of the molecule is CCCCC(C)(CCCC)C(C)C([O])=O. The van der Waals surface area contributed by atoms with Crippen molar-refractivity contribution < 1.29 is 9.90 Å². The highest BCUT2D eigenvalue weighted by molar-refractivity contribution is 5.70. The van der Waals surface area contributed by atoms with Crippen molar-refractivity contribution in [2.75, 3.05) is 0 Å². The Kier molecular flexibility index (Phi) is 6.62. The number of unbranched alkanes of at least 4 members (excludes halogenated alkanes) is 2. The Bertz CT molecular complexity index is 179. The van der Waals surface area contributed by atoms with Gasteiger partial charge in [0.15, 0.2) is 0 Å². The molecule has 1 atom stereocenters. The molecule has 0 amide bonds. The maximum absolute atomic E-state index is 11.0. The maximum Gasteiger partial charge on any atom is 0.358 e.